The Bertz CT molecular complexity index is 1880. The molecular formula is C38H49FN8O4S. The average Bonchev–Trinajstić information content (AvgIpc) is 3.43. The number of hydrogen-bond acceptors (Lipinski definition) is 11. The highest BCUT2D eigenvalue weighted by atomic mass is 32.2. The van der Waals surface area contributed by atoms with Crippen LogP contribution in [0.1, 0.15) is 92.8 Å². The van der Waals surface area contributed by atoms with Gasteiger partial charge in [-0.1, -0.05) is 13.0 Å². The molecule has 1 aliphatic rings. The van der Waals surface area contributed by atoms with E-state index in [0.29, 0.717) is 36.7 Å². The number of hydrogen-bond donors (Lipinski definition) is 2. The van der Waals surface area contributed by atoms with Crippen molar-refractivity contribution >= 4 is 28.7 Å². The van der Waals surface area contributed by atoms with Gasteiger partial charge >= 0.3 is 0 Å². The minimum atomic E-state index is -0.981. The van der Waals surface area contributed by atoms with Gasteiger partial charge in [0.05, 0.1) is 47.6 Å². The molecule has 0 saturated carbocycles. The first-order chi connectivity index (χ1) is 24.8. The fourth-order valence-corrected chi connectivity index (χ4v) is 6.89. The Hall–Kier alpha value is -4.13. The molecule has 5 rings (SSSR count). The van der Waals surface area contributed by atoms with Crippen LogP contribution in [0, 0.1) is 17.1 Å². The van der Waals surface area contributed by atoms with Gasteiger partial charge in [0.1, 0.15) is 35.1 Å². The molecule has 0 bridgehead atoms. The lowest BCUT2D eigenvalue weighted by Crippen LogP contribution is -2.53. The maximum Gasteiger partial charge on any atom is 0.253 e. The third-order valence-corrected chi connectivity index (χ3v) is 9.50. The molecule has 14 heteroatoms. The predicted octanol–water partition coefficient (Wildman–Crippen LogP) is 6.09. The summed E-state index contributed by atoms with van der Waals surface area (Å²) in [6.45, 7) is 12.6. The summed E-state index contributed by atoms with van der Waals surface area (Å²) < 4.78 is 34.4. The molecular weight excluding hydrogens is 684 g/mol. The number of carbonyl (C=O) groups excluding carboxylic acids is 1. The molecule has 1 aliphatic heterocycles. The van der Waals surface area contributed by atoms with Crippen molar-refractivity contribution in [1.82, 2.24) is 29.7 Å². The first-order valence-corrected chi connectivity index (χ1v) is 18.9. The maximum absolute atomic E-state index is 14.4. The number of benzene rings is 2. The maximum atomic E-state index is 14.4. The minimum Gasteiger partial charge on any atom is -0.472 e. The monoisotopic (exact) mass is 732 g/mol. The van der Waals surface area contributed by atoms with Gasteiger partial charge < -0.3 is 29.8 Å². The number of amides is 1. The molecule has 1 saturated heterocycles. The second-order valence-electron chi connectivity index (χ2n) is 14.1. The summed E-state index contributed by atoms with van der Waals surface area (Å²) in [7, 11) is 0. The molecule has 52 heavy (non-hydrogen) atoms. The predicted molar refractivity (Wildman–Crippen MR) is 199 cm³/mol. The zero-order valence-corrected chi connectivity index (χ0v) is 31.6. The van der Waals surface area contributed by atoms with Gasteiger partial charge in [0, 0.05) is 29.8 Å². The van der Waals surface area contributed by atoms with Crippen LogP contribution >= 0.6 is 11.8 Å². The molecule has 1 atom stereocenters. The largest absolute Gasteiger partial charge is 0.472 e. The van der Waals surface area contributed by atoms with E-state index in [1.807, 2.05) is 24.5 Å². The molecule has 2 aromatic carbocycles. The summed E-state index contributed by atoms with van der Waals surface area (Å²) in [6.07, 6.45) is 8.00. The number of piperidine rings is 1. The van der Waals surface area contributed by atoms with Gasteiger partial charge in [0.2, 0.25) is 5.88 Å². The van der Waals surface area contributed by atoms with Gasteiger partial charge in [-0.25, -0.2) is 14.4 Å². The molecule has 0 spiro atoms. The standard InChI is InChI=1S/C38H49FN8O4S/c1-7-16-49-35(52-6)23-47-32-18-27(36(48)45-38(4,5)51-37(2,3)41)10-11-30(32)43-33(47)22-46-14-12-26(13-15-46)31-20-42-21-34(44-31)50-24-28-9-8-25(19-40)17-29(28)39/h8-11,17-18,20-21,26,35H,7,12-16,22-24,41H2,1-6H3,(H,45,48)/t35-/m0/s1. The van der Waals surface area contributed by atoms with Crippen molar-refractivity contribution in [3.8, 4) is 11.9 Å². The zero-order valence-electron chi connectivity index (χ0n) is 30.8. The molecule has 0 unspecified atom stereocenters. The normalized spacial score (nSPS) is 15.1. The van der Waals surface area contributed by atoms with Crippen molar-refractivity contribution in [2.45, 2.75) is 96.4 Å². The molecule has 4 aromatic rings. The van der Waals surface area contributed by atoms with Crippen molar-refractivity contribution in [1.29, 1.82) is 5.26 Å². The van der Waals surface area contributed by atoms with Crippen molar-refractivity contribution in [3.63, 3.8) is 0 Å². The van der Waals surface area contributed by atoms with E-state index in [-0.39, 0.29) is 29.4 Å². The van der Waals surface area contributed by atoms with Crippen LogP contribution < -0.4 is 15.8 Å². The highest BCUT2D eigenvalue weighted by Gasteiger charge is 2.29. The smallest absolute Gasteiger partial charge is 0.253 e. The van der Waals surface area contributed by atoms with Crippen molar-refractivity contribution < 1.29 is 23.4 Å². The van der Waals surface area contributed by atoms with Crippen LogP contribution in [0.15, 0.2) is 48.8 Å². The molecule has 1 amide bonds. The number of aromatic nitrogens is 4. The number of likely N-dealkylation sites (tertiary alicyclic amines) is 1. The lowest BCUT2D eigenvalue weighted by atomic mass is 9.94. The van der Waals surface area contributed by atoms with Crippen LogP contribution in [0.2, 0.25) is 0 Å². The van der Waals surface area contributed by atoms with E-state index in [4.69, 9.17) is 35.2 Å². The summed E-state index contributed by atoms with van der Waals surface area (Å²) in [5.74, 6) is 0.673. The average molecular weight is 733 g/mol. The van der Waals surface area contributed by atoms with Crippen LogP contribution in [-0.4, -0.2) is 73.2 Å². The molecule has 278 valence electrons. The second-order valence-corrected chi connectivity index (χ2v) is 15.1. The Balaban J connectivity index is 1.28. The number of fused-ring (bicyclic) bond motifs is 1. The first-order valence-electron chi connectivity index (χ1n) is 17.6. The molecule has 3 N–H and O–H groups in total. The van der Waals surface area contributed by atoms with Gasteiger partial charge in [-0.3, -0.25) is 14.7 Å². The topological polar surface area (TPSA) is 153 Å². The number of rotatable bonds is 16. The van der Waals surface area contributed by atoms with E-state index in [1.54, 1.807) is 63.9 Å². The third-order valence-electron chi connectivity index (χ3n) is 8.68. The van der Waals surface area contributed by atoms with Crippen molar-refractivity contribution in [2.24, 2.45) is 5.73 Å². The van der Waals surface area contributed by atoms with E-state index >= 15 is 0 Å². The lowest BCUT2D eigenvalue weighted by molar-refractivity contribution is -0.129. The van der Waals surface area contributed by atoms with Crippen LogP contribution in [-0.2, 0) is 29.2 Å². The number of imidazole rings is 1. The Labute approximate surface area is 309 Å². The van der Waals surface area contributed by atoms with Crippen LogP contribution in [0.25, 0.3) is 11.0 Å². The van der Waals surface area contributed by atoms with Crippen LogP contribution in [0.4, 0.5) is 4.39 Å². The Kier molecular flexibility index (Phi) is 12.9. The number of nitrogens with zero attached hydrogens (tertiary/aromatic N) is 6. The summed E-state index contributed by atoms with van der Waals surface area (Å²) >= 11 is 1.65. The van der Waals surface area contributed by atoms with Gasteiger partial charge in [-0.15, -0.1) is 11.8 Å². The summed E-state index contributed by atoms with van der Waals surface area (Å²) in [5, 5.41) is 12.0. The number of thioether (sulfide) groups is 1. The minimum absolute atomic E-state index is 0.0127. The first kappa shape index (κ1) is 39.1. The Morgan fingerprint density at radius 3 is 2.60 bits per heavy atom. The highest BCUT2D eigenvalue weighted by molar-refractivity contribution is 7.99. The van der Waals surface area contributed by atoms with E-state index in [9.17, 15) is 9.18 Å². The van der Waals surface area contributed by atoms with Crippen molar-refractivity contribution in [3.05, 3.63) is 82.8 Å². The Morgan fingerprint density at radius 1 is 1.15 bits per heavy atom. The van der Waals surface area contributed by atoms with E-state index in [2.05, 4.69) is 26.7 Å². The molecule has 3 heterocycles. The summed E-state index contributed by atoms with van der Waals surface area (Å²) in [4.78, 5) is 29.9. The van der Waals surface area contributed by atoms with Crippen LogP contribution in [0.5, 0.6) is 5.88 Å². The van der Waals surface area contributed by atoms with Gasteiger partial charge in [0.15, 0.2) is 0 Å². The van der Waals surface area contributed by atoms with E-state index in [0.717, 1.165) is 54.9 Å². The van der Waals surface area contributed by atoms with Gasteiger partial charge in [-0.2, -0.15) is 5.26 Å². The number of halogens is 1. The van der Waals surface area contributed by atoms with Gasteiger partial charge in [0.25, 0.3) is 5.91 Å². The number of carbonyl (C=O) groups is 1. The SMILES string of the molecule is CCCO[C@H](Cn1c(CN2CCC(c3cncc(OCc4ccc(C#N)cc4F)n3)CC2)nc2ccc(C(=O)NC(C)(C)OC(C)(C)N)cc21)SC. The quantitative estimate of drug-likeness (QED) is 0.129. The summed E-state index contributed by atoms with van der Waals surface area (Å²) in [6, 6.07) is 11.8. The summed E-state index contributed by atoms with van der Waals surface area (Å²) in [5.41, 5.74) is 7.69. The lowest BCUT2D eigenvalue weighted by Gasteiger charge is -2.34. The van der Waals surface area contributed by atoms with Crippen LogP contribution in [0.3, 0.4) is 0 Å². The van der Waals surface area contributed by atoms with E-state index < -0.39 is 17.3 Å². The van der Waals surface area contributed by atoms with E-state index in [1.165, 1.54) is 12.3 Å². The fourth-order valence-electron chi connectivity index (χ4n) is 6.36. The zero-order chi connectivity index (χ0) is 37.5. The highest BCUT2D eigenvalue weighted by Crippen LogP contribution is 2.30. The molecule has 1 fully saturated rings. The second kappa shape index (κ2) is 17.1. The third kappa shape index (κ3) is 10.5. The Morgan fingerprint density at radius 2 is 1.92 bits per heavy atom. The number of ether oxygens (including phenoxy) is 3. The molecule has 12 nitrogen and oxygen atoms in total. The molecule has 2 aromatic heterocycles. The fraction of sp³-hybridized carbons (Fsp3) is 0.500. The van der Waals surface area contributed by atoms with Crippen molar-refractivity contribution in [2.75, 3.05) is 26.0 Å². The number of nitriles is 1. The number of nitrogens with two attached hydrogens (primary N) is 1. The molecule has 0 aliphatic carbocycles. The number of nitrogens with one attached hydrogen (secondary N) is 1. The van der Waals surface area contributed by atoms with Gasteiger partial charge in [-0.05, 0) is 96.6 Å². The molecule has 0 radical (unpaired) electrons.